The number of nitrogens with zero attached hydrogens (tertiary/aromatic N) is 3. The van der Waals surface area contributed by atoms with Gasteiger partial charge in [-0.15, -0.1) is 0 Å². The van der Waals surface area contributed by atoms with E-state index in [1.165, 1.54) is 14.1 Å². The summed E-state index contributed by atoms with van der Waals surface area (Å²) in [5, 5.41) is 14.0. The molecule has 0 fully saturated rings. The molecule has 2 aromatic carbocycles. The molecule has 0 atom stereocenters. The zero-order valence-corrected chi connectivity index (χ0v) is 20.1. The van der Waals surface area contributed by atoms with E-state index < -0.39 is 17.1 Å². The Bertz CT molecular complexity index is 1340. The molecule has 0 unspecified atom stereocenters. The van der Waals surface area contributed by atoms with E-state index in [1.807, 2.05) is 32.0 Å². The molecule has 0 aliphatic rings. The molecular weight excluding hydrogens is 464 g/mol. The fourth-order valence-corrected chi connectivity index (χ4v) is 4.15. The summed E-state index contributed by atoms with van der Waals surface area (Å²) in [6, 6.07) is 12.3. The van der Waals surface area contributed by atoms with Gasteiger partial charge in [0.2, 0.25) is 11.8 Å². The van der Waals surface area contributed by atoms with Crippen LogP contribution in [0.1, 0.15) is 16.7 Å². The number of anilines is 1. The number of amides is 1. The Labute approximate surface area is 199 Å². The maximum Gasteiger partial charge on any atom is 0.333 e. The predicted molar refractivity (Wildman–Crippen MR) is 133 cm³/mol. The van der Waals surface area contributed by atoms with Crippen molar-refractivity contribution in [3.8, 4) is 5.88 Å². The van der Waals surface area contributed by atoms with Gasteiger partial charge in [0.1, 0.15) is 10.6 Å². The van der Waals surface area contributed by atoms with Crippen LogP contribution >= 0.6 is 23.4 Å². The minimum absolute atomic E-state index is 0.0785. The summed E-state index contributed by atoms with van der Waals surface area (Å²) in [4.78, 5) is 42.1. The van der Waals surface area contributed by atoms with Gasteiger partial charge in [-0.1, -0.05) is 29.4 Å². The minimum Gasteiger partial charge on any atom is -0.494 e. The third-order valence-corrected chi connectivity index (χ3v) is 5.98. The van der Waals surface area contributed by atoms with E-state index in [2.05, 4.69) is 10.3 Å². The largest absolute Gasteiger partial charge is 0.494 e. The maximum absolute atomic E-state index is 12.8. The number of hydrogen-bond acceptors (Lipinski definition) is 6. The number of benzene rings is 2. The lowest BCUT2D eigenvalue weighted by atomic mass is 10.1. The van der Waals surface area contributed by atoms with E-state index in [4.69, 9.17) is 11.6 Å². The van der Waals surface area contributed by atoms with Gasteiger partial charge in [0, 0.05) is 24.8 Å². The third-order valence-electron chi connectivity index (χ3n) is 4.75. The Morgan fingerprint density at radius 2 is 1.67 bits per heavy atom. The van der Waals surface area contributed by atoms with Gasteiger partial charge in [-0.2, -0.15) is 0 Å². The number of aromatic hydroxyl groups is 1. The van der Waals surface area contributed by atoms with Crippen LogP contribution < -0.4 is 16.6 Å². The van der Waals surface area contributed by atoms with Crippen molar-refractivity contribution in [2.75, 3.05) is 11.1 Å². The smallest absolute Gasteiger partial charge is 0.333 e. The molecule has 0 aliphatic carbocycles. The van der Waals surface area contributed by atoms with E-state index in [1.54, 1.807) is 24.3 Å². The molecule has 0 radical (unpaired) electrons. The first-order valence-electron chi connectivity index (χ1n) is 9.91. The van der Waals surface area contributed by atoms with Gasteiger partial charge < -0.3 is 10.4 Å². The molecule has 10 heteroatoms. The van der Waals surface area contributed by atoms with Gasteiger partial charge in [-0.3, -0.25) is 18.7 Å². The van der Waals surface area contributed by atoms with Crippen molar-refractivity contribution in [2.45, 2.75) is 13.8 Å². The summed E-state index contributed by atoms with van der Waals surface area (Å²) in [5.74, 6) is -0.918. The van der Waals surface area contributed by atoms with Gasteiger partial charge in [0.25, 0.3) is 5.56 Å². The number of hydrogen-bond donors (Lipinski definition) is 2. The number of thioether (sulfide) groups is 1. The molecular formula is C23H23ClN4O4S. The molecule has 2 N–H and O–H groups in total. The third kappa shape index (κ3) is 5.74. The number of aromatic nitrogens is 2. The standard InChI is InChI=1S/C23H23ClN4O4S/c1-13-9-14(2)11-17(10-13)25-18(29)12-33-20(26-16-7-5-15(24)6-8-16)19-21(30)27(3)23(32)28(4)22(19)31/h5-11,30H,12H2,1-4H3,(H,25,29). The fourth-order valence-electron chi connectivity index (χ4n) is 3.19. The minimum atomic E-state index is -0.717. The van der Waals surface area contributed by atoms with E-state index >= 15 is 0 Å². The average molecular weight is 487 g/mol. The van der Waals surface area contributed by atoms with Gasteiger partial charge in [-0.25, -0.2) is 9.79 Å². The Hall–Kier alpha value is -3.30. The van der Waals surface area contributed by atoms with Crippen molar-refractivity contribution in [2.24, 2.45) is 19.1 Å². The Morgan fingerprint density at radius 3 is 2.27 bits per heavy atom. The molecule has 0 spiro atoms. The van der Waals surface area contributed by atoms with Crippen molar-refractivity contribution < 1.29 is 9.90 Å². The maximum atomic E-state index is 12.8. The van der Waals surface area contributed by atoms with Crippen LogP contribution in [0.25, 0.3) is 0 Å². The van der Waals surface area contributed by atoms with Crippen LogP contribution in [0.4, 0.5) is 11.4 Å². The van der Waals surface area contributed by atoms with Crippen LogP contribution in [0, 0.1) is 13.8 Å². The number of rotatable bonds is 5. The number of carbonyl (C=O) groups is 1. The highest BCUT2D eigenvalue weighted by Crippen LogP contribution is 2.24. The van der Waals surface area contributed by atoms with Gasteiger partial charge in [0.05, 0.1) is 11.4 Å². The Kier molecular flexibility index (Phi) is 7.45. The topological polar surface area (TPSA) is 106 Å². The normalized spacial score (nSPS) is 11.5. The fraction of sp³-hybridized carbons (Fsp3) is 0.217. The quantitative estimate of drug-likeness (QED) is 0.424. The van der Waals surface area contributed by atoms with E-state index in [9.17, 15) is 19.5 Å². The van der Waals surface area contributed by atoms with Crippen LogP contribution in [-0.4, -0.2) is 30.9 Å². The molecule has 1 amide bonds. The highest BCUT2D eigenvalue weighted by atomic mass is 35.5. The molecule has 8 nitrogen and oxygen atoms in total. The molecule has 0 saturated carbocycles. The predicted octanol–water partition coefficient (Wildman–Crippen LogP) is 3.51. The summed E-state index contributed by atoms with van der Waals surface area (Å²) in [5.41, 5.74) is 1.60. The molecule has 0 aliphatic heterocycles. The molecule has 1 heterocycles. The summed E-state index contributed by atoms with van der Waals surface area (Å²) < 4.78 is 1.83. The van der Waals surface area contributed by atoms with Crippen LogP contribution in [0.15, 0.2) is 57.0 Å². The first-order chi connectivity index (χ1) is 15.6. The Balaban J connectivity index is 1.97. The van der Waals surface area contributed by atoms with E-state index in [0.29, 0.717) is 16.4 Å². The number of aliphatic imine (C=N–C) groups is 1. The summed E-state index contributed by atoms with van der Waals surface area (Å²) >= 11 is 6.92. The van der Waals surface area contributed by atoms with Crippen molar-refractivity contribution in [1.29, 1.82) is 0 Å². The highest BCUT2D eigenvalue weighted by molar-refractivity contribution is 8.15. The number of halogens is 1. The lowest BCUT2D eigenvalue weighted by Crippen LogP contribution is -2.39. The molecule has 1 aromatic heterocycles. The summed E-state index contributed by atoms with van der Waals surface area (Å²) in [6.45, 7) is 3.87. The summed E-state index contributed by atoms with van der Waals surface area (Å²) in [6.07, 6.45) is 0. The highest BCUT2D eigenvalue weighted by Gasteiger charge is 2.22. The lowest BCUT2D eigenvalue weighted by Gasteiger charge is -2.13. The Morgan fingerprint density at radius 1 is 1.06 bits per heavy atom. The molecule has 3 rings (SSSR count). The number of nitrogens with one attached hydrogen (secondary N) is 1. The second-order valence-electron chi connectivity index (χ2n) is 7.51. The van der Waals surface area contributed by atoms with Crippen LogP contribution in [0.3, 0.4) is 0 Å². The monoisotopic (exact) mass is 486 g/mol. The lowest BCUT2D eigenvalue weighted by molar-refractivity contribution is -0.113. The first kappa shape index (κ1) is 24.3. The second-order valence-corrected chi connectivity index (χ2v) is 8.91. The SMILES string of the molecule is Cc1cc(C)cc(NC(=O)CSC(=Nc2ccc(Cl)cc2)c2c(O)n(C)c(=O)n(C)c2=O)c1. The zero-order valence-electron chi connectivity index (χ0n) is 18.5. The van der Waals surface area contributed by atoms with Gasteiger partial charge in [-0.05, 0) is 61.4 Å². The zero-order chi connectivity index (χ0) is 24.3. The van der Waals surface area contributed by atoms with Crippen molar-refractivity contribution in [1.82, 2.24) is 9.13 Å². The number of carbonyl (C=O) groups excluding carboxylic acids is 1. The van der Waals surface area contributed by atoms with Crippen LogP contribution in [-0.2, 0) is 18.9 Å². The van der Waals surface area contributed by atoms with Gasteiger partial charge in [0.15, 0.2) is 0 Å². The average Bonchev–Trinajstić information content (AvgIpc) is 2.75. The van der Waals surface area contributed by atoms with Crippen LogP contribution in [0.2, 0.25) is 5.02 Å². The first-order valence-corrected chi connectivity index (χ1v) is 11.3. The number of aryl methyl sites for hydroxylation is 2. The molecule has 33 heavy (non-hydrogen) atoms. The summed E-state index contributed by atoms with van der Waals surface area (Å²) in [7, 11) is 2.66. The molecule has 0 saturated heterocycles. The molecule has 172 valence electrons. The van der Waals surface area contributed by atoms with Gasteiger partial charge >= 0.3 is 5.69 Å². The van der Waals surface area contributed by atoms with Crippen molar-refractivity contribution >= 4 is 45.7 Å². The molecule has 3 aromatic rings. The second kappa shape index (κ2) is 10.1. The van der Waals surface area contributed by atoms with Crippen molar-refractivity contribution in [3.63, 3.8) is 0 Å². The van der Waals surface area contributed by atoms with E-state index in [0.717, 1.165) is 32.0 Å². The van der Waals surface area contributed by atoms with Crippen molar-refractivity contribution in [3.05, 3.63) is 85.0 Å². The molecule has 0 bridgehead atoms. The van der Waals surface area contributed by atoms with E-state index in [-0.39, 0.29) is 22.3 Å². The van der Waals surface area contributed by atoms with Crippen LogP contribution in [0.5, 0.6) is 5.88 Å².